The number of hydrogen-bond acceptors (Lipinski definition) is 9. The zero-order chi connectivity index (χ0) is 32.7. The molecule has 0 radical (unpaired) electrons. The van der Waals surface area contributed by atoms with Gasteiger partial charge in [0, 0.05) is 44.3 Å². The van der Waals surface area contributed by atoms with Crippen molar-refractivity contribution in [2.75, 3.05) is 13.2 Å². The van der Waals surface area contributed by atoms with E-state index in [0.717, 1.165) is 22.7 Å². The number of hydrogen-bond donors (Lipinski definition) is 0. The predicted octanol–water partition coefficient (Wildman–Crippen LogP) is 7.34. The fourth-order valence-electron chi connectivity index (χ4n) is 4.34. The molecule has 0 saturated carbocycles. The highest BCUT2D eigenvalue weighted by molar-refractivity contribution is 6.76. The Kier molecular flexibility index (Phi) is 11.7. The number of aromatic nitrogens is 5. The maximum absolute atomic E-state index is 13.0. The van der Waals surface area contributed by atoms with Crippen LogP contribution in [0.3, 0.4) is 0 Å². The molecule has 0 spiro atoms. The van der Waals surface area contributed by atoms with Gasteiger partial charge >= 0.3 is 12.0 Å². The van der Waals surface area contributed by atoms with Crippen molar-refractivity contribution in [3.05, 3.63) is 36.2 Å². The van der Waals surface area contributed by atoms with E-state index in [9.17, 15) is 4.79 Å². The van der Waals surface area contributed by atoms with Crippen LogP contribution in [0.25, 0.3) is 22.6 Å². The second kappa shape index (κ2) is 14.6. The summed E-state index contributed by atoms with van der Waals surface area (Å²) in [7, 11) is -1.19. The van der Waals surface area contributed by atoms with Gasteiger partial charge in [0.15, 0.2) is 0 Å². The van der Waals surface area contributed by atoms with E-state index in [1.54, 1.807) is 17.1 Å². The number of carbonyl (C=O) groups excluding carboxylic acids is 1. The zero-order valence-electron chi connectivity index (χ0n) is 28.5. The third kappa shape index (κ3) is 9.85. The summed E-state index contributed by atoms with van der Waals surface area (Å²) in [6, 6.07) is 7.23. The molecule has 44 heavy (non-hydrogen) atoms. The minimum atomic E-state index is -1.19. The molecule has 0 bridgehead atoms. The molecule has 3 rings (SSSR count). The Morgan fingerprint density at radius 2 is 1.75 bits per heavy atom. The first-order valence-corrected chi connectivity index (χ1v) is 19.3. The molecule has 0 aliphatic heterocycles. The molecule has 11 heteroatoms. The van der Waals surface area contributed by atoms with Gasteiger partial charge in [0.2, 0.25) is 11.7 Å². The maximum Gasteiger partial charge on any atom is 0.317 e. The number of rotatable bonds is 15. The van der Waals surface area contributed by atoms with Crippen molar-refractivity contribution < 1.29 is 23.7 Å². The quantitative estimate of drug-likeness (QED) is 0.0973. The Morgan fingerprint density at radius 3 is 2.30 bits per heavy atom. The number of nitrogens with zero attached hydrogens (tertiary/aromatic N) is 5. The fourth-order valence-corrected chi connectivity index (χ4v) is 5.10. The number of pyridine rings is 2. The Balaban J connectivity index is 1.73. The molecule has 0 amide bonds. The highest BCUT2D eigenvalue weighted by atomic mass is 28.3. The third-order valence-corrected chi connectivity index (χ3v) is 8.96. The molecule has 3 aromatic rings. The Hall–Kier alpha value is -3.31. The number of ether oxygens (including phenoxy) is 4. The van der Waals surface area contributed by atoms with Crippen molar-refractivity contribution in [3.8, 4) is 34.5 Å². The van der Waals surface area contributed by atoms with Gasteiger partial charge in [0.05, 0.1) is 6.10 Å². The van der Waals surface area contributed by atoms with Crippen LogP contribution in [0.1, 0.15) is 66.9 Å². The summed E-state index contributed by atoms with van der Waals surface area (Å²) in [6.07, 6.45) is 4.72. The van der Waals surface area contributed by atoms with Crippen molar-refractivity contribution in [3.63, 3.8) is 0 Å². The van der Waals surface area contributed by atoms with Gasteiger partial charge in [-0.2, -0.15) is 9.67 Å². The number of carbonyl (C=O) groups is 1. The number of aryl methyl sites for hydroxylation is 1. The molecule has 3 aromatic heterocycles. The van der Waals surface area contributed by atoms with Gasteiger partial charge in [-0.25, -0.2) is 4.98 Å². The SMILES string of the molecule is CCC(CC)(COc1cc(C)c(-c2ccc(-c3nc(OC(C)C)n(COCC[Si](C)(C)C)n3)nc2)cn1)C(=O)OC(C)(C)C. The van der Waals surface area contributed by atoms with Crippen LogP contribution in [0.4, 0.5) is 0 Å². The lowest BCUT2D eigenvalue weighted by atomic mass is 9.83. The van der Waals surface area contributed by atoms with E-state index in [1.807, 2.05) is 73.6 Å². The highest BCUT2D eigenvalue weighted by Gasteiger charge is 2.39. The van der Waals surface area contributed by atoms with Gasteiger partial charge in [0.25, 0.3) is 0 Å². The van der Waals surface area contributed by atoms with Gasteiger partial charge in [-0.1, -0.05) is 39.6 Å². The molecule has 3 heterocycles. The van der Waals surface area contributed by atoms with Crippen molar-refractivity contribution in [2.45, 2.75) is 112 Å². The number of esters is 1. The Morgan fingerprint density at radius 1 is 1.05 bits per heavy atom. The van der Waals surface area contributed by atoms with Crippen LogP contribution in [0, 0.1) is 12.3 Å². The molecular formula is C33H51N5O5Si. The fraction of sp³-hybridized carbons (Fsp3) is 0.606. The monoisotopic (exact) mass is 625 g/mol. The standard InChI is InChI=1S/C33H51N5O5Si/c1-12-33(13-2,30(39)43-32(6,7)8)21-41-28-18-24(5)26(20-35-28)25-14-15-27(34-19-25)29-36-31(42-23(3)4)38(37-29)22-40-16-17-44(9,10)11/h14-15,18-20,23H,12-13,16-17,21-22H2,1-11H3. The average molecular weight is 626 g/mol. The van der Waals surface area contributed by atoms with Crippen molar-refractivity contribution in [2.24, 2.45) is 5.41 Å². The second-order valence-corrected chi connectivity index (χ2v) is 19.4. The molecule has 0 saturated heterocycles. The van der Waals surface area contributed by atoms with E-state index in [-0.39, 0.29) is 25.4 Å². The lowest BCUT2D eigenvalue weighted by molar-refractivity contribution is -0.170. The zero-order valence-corrected chi connectivity index (χ0v) is 29.5. The highest BCUT2D eigenvalue weighted by Crippen LogP contribution is 2.32. The van der Waals surface area contributed by atoms with Gasteiger partial charge in [-0.05, 0) is 72.1 Å². The first-order chi connectivity index (χ1) is 20.6. The van der Waals surface area contributed by atoms with Gasteiger partial charge in [0.1, 0.15) is 30.0 Å². The second-order valence-electron chi connectivity index (χ2n) is 13.8. The van der Waals surface area contributed by atoms with Crippen LogP contribution >= 0.6 is 0 Å². The molecule has 0 atom stereocenters. The lowest BCUT2D eigenvalue weighted by Crippen LogP contribution is -2.41. The third-order valence-electron chi connectivity index (χ3n) is 7.26. The smallest absolute Gasteiger partial charge is 0.317 e. The Labute approximate surface area is 263 Å². The molecule has 0 aromatic carbocycles. The predicted molar refractivity (Wildman–Crippen MR) is 175 cm³/mol. The lowest BCUT2D eigenvalue weighted by Gasteiger charge is -2.32. The average Bonchev–Trinajstić information content (AvgIpc) is 3.32. The van der Waals surface area contributed by atoms with Crippen LogP contribution in [-0.2, 0) is 21.0 Å². The minimum absolute atomic E-state index is 0.0526. The first kappa shape index (κ1) is 35.2. The largest absolute Gasteiger partial charge is 0.476 e. The van der Waals surface area contributed by atoms with Crippen LogP contribution in [0.2, 0.25) is 25.7 Å². The molecule has 0 aliphatic carbocycles. The van der Waals surface area contributed by atoms with E-state index in [1.165, 1.54) is 0 Å². The summed E-state index contributed by atoms with van der Waals surface area (Å²) in [5.41, 5.74) is 2.15. The molecular weight excluding hydrogens is 574 g/mol. The molecule has 10 nitrogen and oxygen atoms in total. The summed E-state index contributed by atoms with van der Waals surface area (Å²) in [6.45, 7) is 23.6. The van der Waals surface area contributed by atoms with Crippen LogP contribution < -0.4 is 9.47 Å². The Bertz CT molecular complexity index is 1370. The summed E-state index contributed by atoms with van der Waals surface area (Å²) in [5.74, 6) is 0.691. The van der Waals surface area contributed by atoms with Crippen molar-refractivity contribution in [1.82, 2.24) is 24.7 Å². The van der Waals surface area contributed by atoms with Gasteiger partial charge in [-0.3, -0.25) is 9.78 Å². The van der Waals surface area contributed by atoms with E-state index in [4.69, 9.17) is 18.9 Å². The molecule has 242 valence electrons. The molecule has 0 unspecified atom stereocenters. The van der Waals surface area contributed by atoms with Gasteiger partial charge in [-0.15, -0.1) is 5.10 Å². The molecule has 0 N–H and O–H groups in total. The van der Waals surface area contributed by atoms with E-state index < -0.39 is 19.1 Å². The summed E-state index contributed by atoms with van der Waals surface area (Å²) in [5, 5.41) is 4.63. The van der Waals surface area contributed by atoms with E-state index in [2.05, 4.69) is 39.7 Å². The molecule has 0 aliphatic rings. The molecule has 0 fully saturated rings. The first-order valence-electron chi connectivity index (χ1n) is 15.5. The van der Waals surface area contributed by atoms with Crippen molar-refractivity contribution >= 4 is 14.0 Å². The maximum atomic E-state index is 13.0. The normalized spacial score (nSPS) is 12.5. The van der Waals surface area contributed by atoms with E-state index >= 15 is 0 Å². The summed E-state index contributed by atoms with van der Waals surface area (Å²) >= 11 is 0. The van der Waals surface area contributed by atoms with Crippen LogP contribution in [-0.4, -0.2) is 63.7 Å². The summed E-state index contributed by atoms with van der Waals surface area (Å²) in [4.78, 5) is 26.8. The minimum Gasteiger partial charge on any atom is -0.476 e. The van der Waals surface area contributed by atoms with Gasteiger partial charge < -0.3 is 18.9 Å². The van der Waals surface area contributed by atoms with Crippen LogP contribution in [0.15, 0.2) is 30.6 Å². The van der Waals surface area contributed by atoms with Crippen molar-refractivity contribution in [1.29, 1.82) is 0 Å². The van der Waals surface area contributed by atoms with Crippen LogP contribution in [0.5, 0.6) is 11.9 Å². The summed E-state index contributed by atoms with van der Waals surface area (Å²) < 4.78 is 25.2. The van der Waals surface area contributed by atoms with E-state index in [0.29, 0.717) is 42.9 Å². The topological polar surface area (TPSA) is 110 Å².